The molecule has 0 bridgehead atoms. The molecule has 0 saturated carbocycles. The smallest absolute Gasteiger partial charge is 0.234 e. The molecule has 2 heterocycles. The molecule has 1 aliphatic rings. The van der Waals surface area contributed by atoms with E-state index in [1.54, 1.807) is 18.2 Å². The summed E-state index contributed by atoms with van der Waals surface area (Å²) in [6.45, 7) is 1.91. The fourth-order valence-electron chi connectivity index (χ4n) is 3.47. The quantitative estimate of drug-likeness (QED) is 0.553. The second-order valence-electron chi connectivity index (χ2n) is 7.14. The molecule has 0 unspecified atom stereocenters. The van der Waals surface area contributed by atoms with Crippen LogP contribution >= 0.6 is 23.4 Å². The van der Waals surface area contributed by atoms with Gasteiger partial charge < -0.3 is 10.2 Å². The van der Waals surface area contributed by atoms with Gasteiger partial charge in [0.1, 0.15) is 6.07 Å². The number of nitrogens with one attached hydrogen (secondary N) is 1. The highest BCUT2D eigenvalue weighted by molar-refractivity contribution is 7.99. The average Bonchev–Trinajstić information content (AvgIpc) is 3.23. The topological polar surface area (TPSA) is 86.8 Å². The molecule has 1 N–H and O–H groups in total. The lowest BCUT2D eigenvalue weighted by atomic mass is 10.1. The molecular weight excluding hydrogens is 432 g/mol. The number of carbonyl (C=O) groups excluding carboxylic acids is 1. The maximum absolute atomic E-state index is 12.5. The molecule has 0 radical (unpaired) electrons. The lowest BCUT2D eigenvalue weighted by Gasteiger charge is -2.27. The third kappa shape index (κ3) is 5.01. The summed E-state index contributed by atoms with van der Waals surface area (Å²) in [7, 11) is 0. The van der Waals surface area contributed by atoms with Crippen molar-refractivity contribution in [3.63, 3.8) is 0 Å². The van der Waals surface area contributed by atoms with E-state index in [1.807, 2.05) is 41.0 Å². The summed E-state index contributed by atoms with van der Waals surface area (Å²) in [6, 6.07) is 16.8. The van der Waals surface area contributed by atoms with Crippen LogP contribution in [0.2, 0.25) is 5.02 Å². The maximum Gasteiger partial charge on any atom is 0.234 e. The van der Waals surface area contributed by atoms with E-state index >= 15 is 0 Å². The van der Waals surface area contributed by atoms with E-state index in [-0.39, 0.29) is 11.7 Å². The predicted octanol–water partition coefficient (Wildman–Crippen LogP) is 4.51. The molecular formula is C22H21ClN6OS. The zero-order valence-electron chi connectivity index (χ0n) is 16.8. The van der Waals surface area contributed by atoms with Crippen LogP contribution in [0, 0.1) is 11.3 Å². The summed E-state index contributed by atoms with van der Waals surface area (Å²) in [5.74, 6) is 0.795. The van der Waals surface area contributed by atoms with Gasteiger partial charge in [-0.05, 0) is 49.6 Å². The SMILES string of the molecule is N#Cc1ccc(NC(=O)CSc2nnc(N3CCCCC3)n2-c2ccccc2)cc1Cl. The number of carbonyl (C=O) groups is 1. The van der Waals surface area contributed by atoms with Crippen LogP contribution in [-0.4, -0.2) is 39.5 Å². The molecule has 7 nitrogen and oxygen atoms in total. The van der Waals surface area contributed by atoms with E-state index in [0.717, 1.165) is 37.6 Å². The third-order valence-electron chi connectivity index (χ3n) is 4.98. The van der Waals surface area contributed by atoms with Crippen LogP contribution in [0.1, 0.15) is 24.8 Å². The molecule has 1 aliphatic heterocycles. The van der Waals surface area contributed by atoms with Crippen molar-refractivity contribution in [1.82, 2.24) is 14.8 Å². The van der Waals surface area contributed by atoms with Gasteiger partial charge in [0.15, 0.2) is 5.16 Å². The van der Waals surface area contributed by atoms with Gasteiger partial charge in [0.05, 0.1) is 22.0 Å². The first kappa shape index (κ1) is 21.2. The zero-order valence-corrected chi connectivity index (χ0v) is 18.4. The van der Waals surface area contributed by atoms with Gasteiger partial charge in [-0.3, -0.25) is 9.36 Å². The molecule has 4 rings (SSSR count). The van der Waals surface area contributed by atoms with Crippen molar-refractivity contribution < 1.29 is 4.79 Å². The number of amides is 1. The van der Waals surface area contributed by atoms with Gasteiger partial charge in [-0.25, -0.2) is 0 Å². The lowest BCUT2D eigenvalue weighted by Crippen LogP contribution is -2.31. The number of nitrogens with zero attached hydrogens (tertiary/aromatic N) is 5. The van der Waals surface area contributed by atoms with Crippen molar-refractivity contribution in [1.29, 1.82) is 5.26 Å². The number of hydrogen-bond acceptors (Lipinski definition) is 6. The second kappa shape index (κ2) is 9.86. The van der Waals surface area contributed by atoms with E-state index < -0.39 is 0 Å². The maximum atomic E-state index is 12.5. The molecule has 1 amide bonds. The van der Waals surface area contributed by atoms with Crippen molar-refractivity contribution in [2.24, 2.45) is 0 Å². The largest absolute Gasteiger partial charge is 0.341 e. The van der Waals surface area contributed by atoms with Gasteiger partial charge in [0.25, 0.3) is 0 Å². The van der Waals surface area contributed by atoms with Crippen LogP contribution in [-0.2, 0) is 4.79 Å². The molecule has 0 aliphatic carbocycles. The van der Waals surface area contributed by atoms with Crippen molar-refractivity contribution in [3.05, 3.63) is 59.1 Å². The highest BCUT2D eigenvalue weighted by Gasteiger charge is 2.22. The average molecular weight is 453 g/mol. The molecule has 1 aromatic heterocycles. The van der Waals surface area contributed by atoms with Crippen LogP contribution in [0.25, 0.3) is 5.69 Å². The molecule has 158 valence electrons. The van der Waals surface area contributed by atoms with Gasteiger partial charge >= 0.3 is 0 Å². The molecule has 0 spiro atoms. The Bertz CT molecular complexity index is 1100. The minimum Gasteiger partial charge on any atom is -0.341 e. The first-order chi connectivity index (χ1) is 15.2. The first-order valence-electron chi connectivity index (χ1n) is 10.0. The number of rotatable bonds is 6. The Hall–Kier alpha value is -3.02. The summed E-state index contributed by atoms with van der Waals surface area (Å²) in [6.07, 6.45) is 3.51. The van der Waals surface area contributed by atoms with Crippen molar-refractivity contribution in [3.8, 4) is 11.8 Å². The Kier molecular flexibility index (Phi) is 6.75. The highest BCUT2D eigenvalue weighted by atomic mass is 35.5. The lowest BCUT2D eigenvalue weighted by molar-refractivity contribution is -0.113. The number of halogens is 1. The Labute approximate surface area is 190 Å². The molecule has 1 fully saturated rings. The Balaban J connectivity index is 1.50. The van der Waals surface area contributed by atoms with Gasteiger partial charge in [-0.2, -0.15) is 5.26 Å². The number of para-hydroxylation sites is 1. The van der Waals surface area contributed by atoms with Gasteiger partial charge in [0, 0.05) is 18.8 Å². The van der Waals surface area contributed by atoms with E-state index in [1.165, 1.54) is 18.2 Å². The normalized spacial score (nSPS) is 13.6. The number of anilines is 2. The fraction of sp³-hybridized carbons (Fsp3) is 0.273. The van der Waals surface area contributed by atoms with E-state index in [4.69, 9.17) is 16.9 Å². The van der Waals surface area contributed by atoms with Crippen molar-refractivity contribution >= 4 is 40.9 Å². The first-order valence-corrected chi connectivity index (χ1v) is 11.4. The number of piperidine rings is 1. The summed E-state index contributed by atoms with van der Waals surface area (Å²) in [5.41, 5.74) is 1.89. The molecule has 31 heavy (non-hydrogen) atoms. The molecule has 9 heteroatoms. The number of benzene rings is 2. The molecule has 0 atom stereocenters. The van der Waals surface area contributed by atoms with Crippen LogP contribution in [0.4, 0.5) is 11.6 Å². The van der Waals surface area contributed by atoms with Gasteiger partial charge in [0.2, 0.25) is 11.9 Å². The Morgan fingerprint density at radius 1 is 1.13 bits per heavy atom. The standard InChI is InChI=1S/C22H21ClN6OS/c23-19-13-17(10-9-16(19)14-24)25-20(30)15-31-22-27-26-21(28-11-5-2-6-12-28)29(22)18-7-3-1-4-8-18/h1,3-4,7-10,13H,2,5-6,11-12,15H2,(H,25,30). The minimum absolute atomic E-state index is 0.169. The van der Waals surface area contributed by atoms with Gasteiger partial charge in [-0.1, -0.05) is 41.6 Å². The number of hydrogen-bond donors (Lipinski definition) is 1. The van der Waals surface area contributed by atoms with E-state index in [9.17, 15) is 4.79 Å². The Morgan fingerprint density at radius 3 is 2.61 bits per heavy atom. The molecule has 1 saturated heterocycles. The van der Waals surface area contributed by atoms with Gasteiger partial charge in [-0.15, -0.1) is 10.2 Å². The third-order valence-corrected chi connectivity index (χ3v) is 6.22. The summed E-state index contributed by atoms with van der Waals surface area (Å²) < 4.78 is 2.02. The fourth-order valence-corrected chi connectivity index (χ4v) is 4.44. The minimum atomic E-state index is -0.187. The summed E-state index contributed by atoms with van der Waals surface area (Å²) >= 11 is 7.38. The Morgan fingerprint density at radius 2 is 1.90 bits per heavy atom. The number of thioether (sulfide) groups is 1. The van der Waals surface area contributed by atoms with Crippen molar-refractivity contribution in [2.45, 2.75) is 24.4 Å². The molecule has 2 aromatic carbocycles. The van der Waals surface area contributed by atoms with Crippen LogP contribution in [0.15, 0.2) is 53.7 Å². The van der Waals surface area contributed by atoms with Crippen LogP contribution in [0.3, 0.4) is 0 Å². The summed E-state index contributed by atoms with van der Waals surface area (Å²) in [4.78, 5) is 14.8. The second-order valence-corrected chi connectivity index (χ2v) is 8.49. The predicted molar refractivity (Wildman–Crippen MR) is 123 cm³/mol. The summed E-state index contributed by atoms with van der Waals surface area (Å²) in [5, 5.41) is 21.6. The number of nitriles is 1. The van der Waals surface area contributed by atoms with E-state index in [0.29, 0.717) is 21.4 Å². The number of aromatic nitrogens is 3. The van der Waals surface area contributed by atoms with E-state index in [2.05, 4.69) is 20.4 Å². The van der Waals surface area contributed by atoms with Crippen molar-refractivity contribution in [2.75, 3.05) is 29.1 Å². The van der Waals surface area contributed by atoms with Crippen LogP contribution in [0.5, 0.6) is 0 Å². The monoisotopic (exact) mass is 452 g/mol. The highest BCUT2D eigenvalue weighted by Crippen LogP contribution is 2.28. The molecule has 3 aromatic rings. The van der Waals surface area contributed by atoms with Crippen LogP contribution < -0.4 is 10.2 Å². The zero-order chi connectivity index (χ0) is 21.6.